The van der Waals surface area contributed by atoms with Crippen molar-refractivity contribution in [3.05, 3.63) is 64.0 Å². The van der Waals surface area contributed by atoms with Gasteiger partial charge in [0.25, 0.3) is 11.6 Å². The quantitative estimate of drug-likeness (QED) is 0.676. The lowest BCUT2D eigenvalue weighted by molar-refractivity contribution is -0.384. The zero-order valence-electron chi connectivity index (χ0n) is 12.8. The fourth-order valence-electron chi connectivity index (χ4n) is 2.37. The van der Waals surface area contributed by atoms with E-state index in [0.29, 0.717) is 6.54 Å². The lowest BCUT2D eigenvalue weighted by Crippen LogP contribution is -2.33. The molecule has 1 aromatic carbocycles. The van der Waals surface area contributed by atoms with Crippen molar-refractivity contribution in [2.45, 2.75) is 19.9 Å². The number of nitro groups is 1. The zero-order valence-corrected chi connectivity index (χ0v) is 12.8. The van der Waals surface area contributed by atoms with Crippen LogP contribution in [0.1, 0.15) is 35.8 Å². The molecule has 0 bridgehead atoms. The van der Waals surface area contributed by atoms with Crippen LogP contribution in [0, 0.1) is 10.1 Å². The number of amides is 1. The summed E-state index contributed by atoms with van der Waals surface area (Å²) in [5.74, 6) is -0.794. The molecule has 0 aliphatic rings. The summed E-state index contributed by atoms with van der Waals surface area (Å²) in [5.41, 5.74) is 0.639. The number of carbonyl (C=O) groups excluding carboxylic acids is 1. The largest absolute Gasteiger partial charge is 0.507 e. The average molecular weight is 315 g/mol. The molecule has 0 unspecified atom stereocenters. The van der Waals surface area contributed by atoms with Crippen LogP contribution in [-0.4, -0.2) is 32.4 Å². The Balaban J connectivity index is 2.32. The van der Waals surface area contributed by atoms with Crippen molar-refractivity contribution in [3.8, 4) is 5.75 Å². The number of carbonyl (C=O) groups is 1. The number of nitro benzene ring substituents is 1. The number of aromatic nitrogens is 1. The Morgan fingerprint density at radius 1 is 1.43 bits per heavy atom. The molecule has 0 aliphatic carbocycles. The molecule has 7 heteroatoms. The van der Waals surface area contributed by atoms with Crippen LogP contribution in [0.25, 0.3) is 0 Å². The average Bonchev–Trinajstić information content (AvgIpc) is 2.55. The van der Waals surface area contributed by atoms with Crippen LogP contribution in [0.15, 0.2) is 42.7 Å². The van der Waals surface area contributed by atoms with Crippen LogP contribution in [0.2, 0.25) is 0 Å². The number of pyridine rings is 1. The molecule has 1 N–H and O–H groups in total. The first kappa shape index (κ1) is 16.4. The third-order valence-electron chi connectivity index (χ3n) is 3.66. The van der Waals surface area contributed by atoms with E-state index in [1.54, 1.807) is 23.4 Å². The molecule has 7 nitrogen and oxygen atoms in total. The maximum absolute atomic E-state index is 12.7. The Kier molecular flexibility index (Phi) is 4.90. The second-order valence-corrected chi connectivity index (χ2v) is 5.01. The van der Waals surface area contributed by atoms with E-state index in [4.69, 9.17) is 0 Å². The molecule has 1 atom stereocenters. The summed E-state index contributed by atoms with van der Waals surface area (Å²) >= 11 is 0. The van der Waals surface area contributed by atoms with Crippen molar-refractivity contribution < 1.29 is 14.8 Å². The number of phenols is 1. The van der Waals surface area contributed by atoms with Gasteiger partial charge in [0.1, 0.15) is 5.75 Å². The van der Waals surface area contributed by atoms with Gasteiger partial charge in [-0.2, -0.15) is 0 Å². The van der Waals surface area contributed by atoms with Gasteiger partial charge in [0.15, 0.2) is 0 Å². The van der Waals surface area contributed by atoms with Crippen LogP contribution in [-0.2, 0) is 0 Å². The van der Waals surface area contributed by atoms with Gasteiger partial charge in [-0.1, -0.05) is 6.07 Å². The monoisotopic (exact) mass is 315 g/mol. The van der Waals surface area contributed by atoms with Gasteiger partial charge in [0.05, 0.1) is 22.6 Å². The maximum Gasteiger partial charge on any atom is 0.273 e. The Morgan fingerprint density at radius 2 is 2.17 bits per heavy atom. The van der Waals surface area contributed by atoms with Gasteiger partial charge >= 0.3 is 0 Å². The number of benzene rings is 1. The summed E-state index contributed by atoms with van der Waals surface area (Å²) in [6, 6.07) is 6.87. The van der Waals surface area contributed by atoms with E-state index in [1.165, 1.54) is 12.1 Å². The highest BCUT2D eigenvalue weighted by molar-refractivity contribution is 5.97. The Bertz CT molecular complexity index is 719. The molecule has 23 heavy (non-hydrogen) atoms. The molecule has 0 radical (unpaired) electrons. The maximum atomic E-state index is 12.7. The van der Waals surface area contributed by atoms with Crippen molar-refractivity contribution in [2.24, 2.45) is 0 Å². The van der Waals surface area contributed by atoms with E-state index in [0.717, 1.165) is 11.6 Å². The lowest BCUT2D eigenvalue weighted by Gasteiger charge is -2.28. The first-order valence-corrected chi connectivity index (χ1v) is 7.14. The molecule has 0 saturated heterocycles. The van der Waals surface area contributed by atoms with Gasteiger partial charge in [0.2, 0.25) is 0 Å². The predicted molar refractivity (Wildman–Crippen MR) is 84.1 cm³/mol. The SMILES string of the molecule is CCN(C(=O)c1ccc([N+](=O)[O-])cc1O)[C@H](C)c1cccnc1. The summed E-state index contributed by atoms with van der Waals surface area (Å²) in [5, 5.41) is 20.7. The lowest BCUT2D eigenvalue weighted by atomic mass is 10.1. The first-order valence-electron chi connectivity index (χ1n) is 7.14. The Hall–Kier alpha value is -2.96. The van der Waals surface area contributed by atoms with E-state index in [1.807, 2.05) is 19.9 Å². The highest BCUT2D eigenvalue weighted by Gasteiger charge is 2.24. The standard InChI is InChI=1S/C16H17N3O4/c1-3-18(11(2)12-5-4-8-17-10-12)16(21)14-7-6-13(19(22)23)9-15(14)20/h4-11,20H,3H2,1-2H3/t11-/m1/s1. The molecule has 120 valence electrons. The van der Waals surface area contributed by atoms with E-state index < -0.39 is 16.6 Å². The molecule has 2 aromatic rings. The normalized spacial score (nSPS) is 11.7. The second kappa shape index (κ2) is 6.87. The molecule has 1 aromatic heterocycles. The topological polar surface area (TPSA) is 96.6 Å². The number of rotatable bonds is 5. The second-order valence-electron chi connectivity index (χ2n) is 5.01. The van der Waals surface area contributed by atoms with Gasteiger partial charge in [-0.05, 0) is 31.5 Å². The number of hydrogen-bond donors (Lipinski definition) is 1. The minimum Gasteiger partial charge on any atom is -0.507 e. The highest BCUT2D eigenvalue weighted by atomic mass is 16.6. The van der Waals surface area contributed by atoms with Gasteiger partial charge in [-0.15, -0.1) is 0 Å². The van der Waals surface area contributed by atoms with Crippen LogP contribution < -0.4 is 0 Å². The number of aromatic hydroxyl groups is 1. The smallest absolute Gasteiger partial charge is 0.273 e. The molecular formula is C16H17N3O4. The summed E-state index contributed by atoms with van der Waals surface area (Å²) < 4.78 is 0. The molecule has 1 heterocycles. The van der Waals surface area contributed by atoms with Crippen molar-refractivity contribution >= 4 is 11.6 Å². The highest BCUT2D eigenvalue weighted by Crippen LogP contribution is 2.28. The number of hydrogen-bond acceptors (Lipinski definition) is 5. The minimum atomic E-state index is -0.621. The minimum absolute atomic E-state index is 0.0354. The van der Waals surface area contributed by atoms with Gasteiger partial charge < -0.3 is 10.0 Å². The van der Waals surface area contributed by atoms with Crippen molar-refractivity contribution in [1.82, 2.24) is 9.88 Å². The van der Waals surface area contributed by atoms with E-state index in [9.17, 15) is 20.0 Å². The Labute approximate surface area is 133 Å². The molecular weight excluding hydrogens is 298 g/mol. The number of nitrogens with zero attached hydrogens (tertiary/aromatic N) is 3. The van der Waals surface area contributed by atoms with Crippen LogP contribution >= 0.6 is 0 Å². The molecule has 0 spiro atoms. The van der Waals surface area contributed by atoms with E-state index in [-0.39, 0.29) is 17.3 Å². The fraction of sp³-hybridized carbons (Fsp3) is 0.250. The molecule has 2 rings (SSSR count). The van der Waals surface area contributed by atoms with Gasteiger partial charge in [0, 0.05) is 25.0 Å². The molecule has 0 fully saturated rings. The van der Waals surface area contributed by atoms with Crippen LogP contribution in [0.5, 0.6) is 5.75 Å². The van der Waals surface area contributed by atoms with Crippen LogP contribution in [0.4, 0.5) is 5.69 Å². The third kappa shape index (κ3) is 3.45. The van der Waals surface area contributed by atoms with Crippen LogP contribution in [0.3, 0.4) is 0 Å². The Morgan fingerprint density at radius 3 is 2.70 bits per heavy atom. The van der Waals surface area contributed by atoms with Gasteiger partial charge in [-0.3, -0.25) is 19.9 Å². The fourth-order valence-corrected chi connectivity index (χ4v) is 2.37. The summed E-state index contributed by atoms with van der Waals surface area (Å²) in [7, 11) is 0. The third-order valence-corrected chi connectivity index (χ3v) is 3.66. The van der Waals surface area contributed by atoms with Gasteiger partial charge in [-0.25, -0.2) is 0 Å². The van der Waals surface area contributed by atoms with Crippen molar-refractivity contribution in [3.63, 3.8) is 0 Å². The number of phenolic OH excluding ortho intramolecular Hbond substituents is 1. The predicted octanol–water partition coefficient (Wildman–Crippen LogP) is 2.92. The zero-order chi connectivity index (χ0) is 17.0. The summed E-state index contributed by atoms with van der Waals surface area (Å²) in [6.07, 6.45) is 3.33. The van der Waals surface area contributed by atoms with Crippen molar-refractivity contribution in [2.75, 3.05) is 6.54 Å². The summed E-state index contributed by atoms with van der Waals surface area (Å²) in [4.78, 5) is 28.4. The molecule has 1 amide bonds. The van der Waals surface area contributed by atoms with Crippen molar-refractivity contribution in [1.29, 1.82) is 0 Å². The first-order chi connectivity index (χ1) is 11.0. The molecule has 0 saturated carbocycles. The summed E-state index contributed by atoms with van der Waals surface area (Å²) in [6.45, 7) is 4.11. The number of non-ortho nitro benzene ring substituents is 1. The molecule has 0 aliphatic heterocycles. The van der Waals surface area contributed by atoms with E-state index in [2.05, 4.69) is 4.98 Å². The van der Waals surface area contributed by atoms with E-state index >= 15 is 0 Å².